The van der Waals surface area contributed by atoms with E-state index in [1.165, 1.54) is 0 Å². The van der Waals surface area contributed by atoms with Crippen LogP contribution in [-0.4, -0.2) is 5.11 Å². The third-order valence-electron chi connectivity index (χ3n) is 3.66. The summed E-state index contributed by atoms with van der Waals surface area (Å²) in [6.07, 6.45) is 6.38. The van der Waals surface area contributed by atoms with Crippen molar-refractivity contribution < 1.29 is 5.11 Å². The predicted molar refractivity (Wildman–Crippen MR) is 65.7 cm³/mol. The maximum atomic E-state index is 10.3. The zero-order valence-corrected chi connectivity index (χ0v) is 10.8. The van der Waals surface area contributed by atoms with Crippen LogP contribution in [0.15, 0.2) is 24.0 Å². The van der Waals surface area contributed by atoms with Crippen molar-refractivity contribution in [3.8, 4) is 0 Å². The number of rotatable bonds is 1. The highest BCUT2D eigenvalue weighted by Crippen LogP contribution is 2.52. The highest BCUT2D eigenvalue weighted by molar-refractivity contribution is 5.28. The third kappa shape index (κ3) is 1.84. The fraction of sp³-hybridized carbons (Fsp3) is 0.714. The number of aliphatic hydroxyl groups is 1. The van der Waals surface area contributed by atoms with Crippen LogP contribution in [-0.2, 0) is 0 Å². The van der Waals surface area contributed by atoms with E-state index >= 15 is 0 Å². The van der Waals surface area contributed by atoms with Crippen molar-refractivity contribution in [2.24, 2.45) is 22.7 Å². The van der Waals surface area contributed by atoms with Gasteiger partial charge in [0.15, 0.2) is 0 Å². The smallest absolute Gasteiger partial charge is 0.0995 e. The molecule has 0 amide bonds. The van der Waals surface area contributed by atoms with Crippen LogP contribution in [0.3, 0.4) is 0 Å². The molecule has 1 aliphatic rings. The zero-order chi connectivity index (χ0) is 11.9. The van der Waals surface area contributed by atoms with Gasteiger partial charge in [0, 0.05) is 0 Å². The molecule has 0 saturated carbocycles. The minimum absolute atomic E-state index is 0.0401. The molecule has 0 aliphatic heterocycles. The van der Waals surface area contributed by atoms with Crippen LogP contribution < -0.4 is 0 Å². The minimum Gasteiger partial charge on any atom is -0.512 e. The van der Waals surface area contributed by atoms with Crippen LogP contribution in [0.25, 0.3) is 0 Å². The molecule has 15 heavy (non-hydrogen) atoms. The van der Waals surface area contributed by atoms with E-state index < -0.39 is 0 Å². The molecule has 0 bridgehead atoms. The molecule has 0 aromatic carbocycles. The molecule has 86 valence electrons. The van der Waals surface area contributed by atoms with Crippen molar-refractivity contribution >= 4 is 0 Å². The number of allylic oxidation sites excluding steroid dienone is 3. The number of aliphatic hydroxyl groups excluding tert-OH is 1. The summed E-state index contributed by atoms with van der Waals surface area (Å²) >= 11 is 0. The molecular formula is C14H24O. The standard InChI is InChI=1S/C14H24O/c1-10(2)14(13(4,5)6)8-7-11(3)9-12(14)15/h7-11,15H,1-6H3. The van der Waals surface area contributed by atoms with Gasteiger partial charge in [0.05, 0.1) is 11.2 Å². The molecule has 0 fully saturated rings. The Balaban J connectivity index is 3.26. The molecule has 1 heteroatoms. The Kier molecular flexibility index (Phi) is 3.04. The molecule has 0 aromatic rings. The van der Waals surface area contributed by atoms with Gasteiger partial charge in [-0.05, 0) is 23.3 Å². The Morgan fingerprint density at radius 1 is 1.33 bits per heavy atom. The van der Waals surface area contributed by atoms with Crippen LogP contribution in [0, 0.1) is 22.7 Å². The molecule has 0 spiro atoms. The highest BCUT2D eigenvalue weighted by atomic mass is 16.3. The first-order chi connectivity index (χ1) is 6.72. The lowest BCUT2D eigenvalue weighted by atomic mass is 9.57. The zero-order valence-electron chi connectivity index (χ0n) is 10.8. The molecule has 0 aromatic heterocycles. The van der Waals surface area contributed by atoms with E-state index in [9.17, 15) is 5.11 Å². The van der Waals surface area contributed by atoms with Gasteiger partial charge in [0.2, 0.25) is 0 Å². The first-order valence-corrected chi connectivity index (χ1v) is 5.82. The van der Waals surface area contributed by atoms with Crippen molar-refractivity contribution in [2.45, 2.75) is 41.5 Å². The Hall–Kier alpha value is -0.720. The second-order valence-electron chi connectivity index (χ2n) is 6.04. The Morgan fingerprint density at radius 2 is 1.87 bits per heavy atom. The van der Waals surface area contributed by atoms with E-state index in [-0.39, 0.29) is 10.8 Å². The van der Waals surface area contributed by atoms with E-state index in [2.05, 4.69) is 53.7 Å². The van der Waals surface area contributed by atoms with E-state index in [1.807, 2.05) is 6.08 Å². The average Bonchev–Trinajstić information content (AvgIpc) is 2.00. The first-order valence-electron chi connectivity index (χ1n) is 5.82. The molecule has 0 heterocycles. The minimum atomic E-state index is -0.209. The van der Waals surface area contributed by atoms with Crippen molar-refractivity contribution in [2.75, 3.05) is 0 Å². The number of hydrogen-bond acceptors (Lipinski definition) is 1. The summed E-state index contributed by atoms with van der Waals surface area (Å²) in [6, 6.07) is 0. The molecule has 1 aliphatic carbocycles. The van der Waals surface area contributed by atoms with Gasteiger partial charge in [-0.15, -0.1) is 0 Å². The summed E-state index contributed by atoms with van der Waals surface area (Å²) < 4.78 is 0. The van der Waals surface area contributed by atoms with Crippen LogP contribution in [0.4, 0.5) is 0 Å². The van der Waals surface area contributed by atoms with Crippen LogP contribution in [0.2, 0.25) is 0 Å². The quantitative estimate of drug-likeness (QED) is 0.636. The fourth-order valence-corrected chi connectivity index (χ4v) is 2.82. The maximum absolute atomic E-state index is 10.3. The second kappa shape index (κ2) is 3.70. The molecule has 1 N–H and O–H groups in total. The maximum Gasteiger partial charge on any atom is 0.0995 e. The third-order valence-corrected chi connectivity index (χ3v) is 3.66. The molecule has 0 radical (unpaired) electrons. The lowest BCUT2D eigenvalue weighted by Crippen LogP contribution is -2.42. The van der Waals surface area contributed by atoms with Gasteiger partial charge in [0.1, 0.15) is 0 Å². The molecule has 2 unspecified atom stereocenters. The molecule has 1 rings (SSSR count). The van der Waals surface area contributed by atoms with Gasteiger partial charge in [-0.1, -0.05) is 53.7 Å². The molecule has 2 atom stereocenters. The normalized spacial score (nSPS) is 31.9. The highest BCUT2D eigenvalue weighted by Gasteiger charge is 2.47. The van der Waals surface area contributed by atoms with Gasteiger partial charge in [-0.25, -0.2) is 0 Å². The average molecular weight is 208 g/mol. The SMILES string of the molecule is CC1C=CC(C(C)C)(C(C)(C)C)C(O)=C1. The summed E-state index contributed by atoms with van der Waals surface area (Å²) in [4.78, 5) is 0. The lowest BCUT2D eigenvalue weighted by molar-refractivity contribution is 0.0710. The predicted octanol–water partition coefficient (Wildman–Crippen LogP) is 4.32. The van der Waals surface area contributed by atoms with Crippen molar-refractivity contribution in [3.63, 3.8) is 0 Å². The molecule has 0 saturated heterocycles. The van der Waals surface area contributed by atoms with Crippen molar-refractivity contribution in [3.05, 3.63) is 24.0 Å². The monoisotopic (exact) mass is 208 g/mol. The van der Waals surface area contributed by atoms with Crippen LogP contribution >= 0.6 is 0 Å². The van der Waals surface area contributed by atoms with Crippen LogP contribution in [0.5, 0.6) is 0 Å². The largest absolute Gasteiger partial charge is 0.512 e. The second-order valence-corrected chi connectivity index (χ2v) is 6.04. The number of hydrogen-bond donors (Lipinski definition) is 1. The van der Waals surface area contributed by atoms with E-state index in [1.54, 1.807) is 0 Å². The Labute approximate surface area is 93.9 Å². The fourth-order valence-electron chi connectivity index (χ4n) is 2.82. The van der Waals surface area contributed by atoms with E-state index in [0.717, 1.165) is 0 Å². The summed E-state index contributed by atoms with van der Waals surface area (Å²) in [5, 5.41) is 10.3. The summed E-state index contributed by atoms with van der Waals surface area (Å²) in [6.45, 7) is 13.0. The Morgan fingerprint density at radius 3 is 2.20 bits per heavy atom. The Bertz CT molecular complexity index is 291. The van der Waals surface area contributed by atoms with Crippen molar-refractivity contribution in [1.29, 1.82) is 0 Å². The molecular weight excluding hydrogens is 184 g/mol. The summed E-state index contributed by atoms with van der Waals surface area (Å²) in [5.41, 5.74) is -0.169. The van der Waals surface area contributed by atoms with Crippen LogP contribution in [0.1, 0.15) is 41.5 Å². The summed E-state index contributed by atoms with van der Waals surface area (Å²) in [5.74, 6) is 1.29. The van der Waals surface area contributed by atoms with Crippen molar-refractivity contribution in [1.82, 2.24) is 0 Å². The van der Waals surface area contributed by atoms with Gasteiger partial charge < -0.3 is 5.11 Å². The molecule has 1 nitrogen and oxygen atoms in total. The summed E-state index contributed by atoms with van der Waals surface area (Å²) in [7, 11) is 0. The van der Waals surface area contributed by atoms with E-state index in [0.29, 0.717) is 17.6 Å². The van der Waals surface area contributed by atoms with Gasteiger partial charge in [-0.3, -0.25) is 0 Å². The van der Waals surface area contributed by atoms with Gasteiger partial charge >= 0.3 is 0 Å². The van der Waals surface area contributed by atoms with Gasteiger partial charge in [0.25, 0.3) is 0 Å². The first kappa shape index (κ1) is 12.4. The van der Waals surface area contributed by atoms with Gasteiger partial charge in [-0.2, -0.15) is 0 Å². The van der Waals surface area contributed by atoms with E-state index in [4.69, 9.17) is 0 Å². The lowest BCUT2D eigenvalue weighted by Gasteiger charge is -2.47. The topological polar surface area (TPSA) is 20.2 Å².